The highest BCUT2D eigenvalue weighted by Crippen LogP contribution is 2.25. The summed E-state index contributed by atoms with van der Waals surface area (Å²) in [6.45, 7) is 1.20. The van der Waals surface area contributed by atoms with Crippen molar-refractivity contribution in [2.75, 3.05) is 18.0 Å². The molecular weight excluding hydrogens is 234 g/mol. The van der Waals surface area contributed by atoms with Gasteiger partial charge >= 0.3 is 5.97 Å². The Hall–Kier alpha value is -2.11. The summed E-state index contributed by atoms with van der Waals surface area (Å²) in [5.74, 6) is -1.56. The molecule has 0 aromatic carbocycles. The standard InChI is InChI=1S/C12H15N3O3/c13-11(16)8-2-1-5-15(7-8)10-3-4-14-6-9(10)12(17)18/h3-4,6,8H,1-2,5,7H2,(H2,13,16)(H,17,18). The molecule has 0 spiro atoms. The second-order valence-electron chi connectivity index (χ2n) is 4.39. The Bertz CT molecular complexity index is 475. The van der Waals surface area contributed by atoms with Crippen molar-refractivity contribution < 1.29 is 14.7 Å². The average molecular weight is 249 g/mol. The molecule has 1 saturated heterocycles. The van der Waals surface area contributed by atoms with E-state index in [0.717, 1.165) is 19.4 Å². The number of carbonyl (C=O) groups is 2. The number of aromatic nitrogens is 1. The maximum Gasteiger partial charge on any atom is 0.339 e. The number of carbonyl (C=O) groups excluding carboxylic acids is 1. The van der Waals surface area contributed by atoms with Gasteiger partial charge in [0.05, 0.1) is 11.6 Å². The molecule has 6 nitrogen and oxygen atoms in total. The van der Waals surface area contributed by atoms with Crippen LogP contribution in [0.1, 0.15) is 23.2 Å². The van der Waals surface area contributed by atoms with Gasteiger partial charge in [-0.2, -0.15) is 0 Å². The molecule has 6 heteroatoms. The van der Waals surface area contributed by atoms with Crippen LogP contribution in [0.3, 0.4) is 0 Å². The molecule has 1 fully saturated rings. The van der Waals surface area contributed by atoms with Gasteiger partial charge in [-0.25, -0.2) is 4.79 Å². The quantitative estimate of drug-likeness (QED) is 0.812. The van der Waals surface area contributed by atoms with Crippen molar-refractivity contribution in [1.82, 2.24) is 4.98 Å². The van der Waals surface area contributed by atoms with E-state index in [0.29, 0.717) is 12.2 Å². The molecular formula is C12H15N3O3. The number of piperidine rings is 1. The number of anilines is 1. The first-order valence-electron chi connectivity index (χ1n) is 5.81. The van der Waals surface area contributed by atoms with Crippen molar-refractivity contribution in [2.24, 2.45) is 11.7 Å². The van der Waals surface area contributed by atoms with Gasteiger partial charge in [0.15, 0.2) is 0 Å². The second-order valence-corrected chi connectivity index (χ2v) is 4.39. The Morgan fingerprint density at radius 1 is 1.50 bits per heavy atom. The molecule has 1 atom stereocenters. The molecule has 2 rings (SSSR count). The topological polar surface area (TPSA) is 96.5 Å². The molecule has 1 aromatic rings. The zero-order valence-corrected chi connectivity index (χ0v) is 9.87. The summed E-state index contributed by atoms with van der Waals surface area (Å²) in [7, 11) is 0. The van der Waals surface area contributed by atoms with Gasteiger partial charge in [0.1, 0.15) is 5.56 Å². The Labute approximate surface area is 104 Å². The number of hydrogen-bond acceptors (Lipinski definition) is 4. The second kappa shape index (κ2) is 5.03. The van der Waals surface area contributed by atoms with Crippen LogP contribution in [0.25, 0.3) is 0 Å². The first-order chi connectivity index (χ1) is 8.59. The lowest BCUT2D eigenvalue weighted by atomic mass is 9.96. The van der Waals surface area contributed by atoms with E-state index in [-0.39, 0.29) is 17.4 Å². The number of rotatable bonds is 3. The Balaban J connectivity index is 2.26. The minimum absolute atomic E-state index is 0.155. The zero-order valence-electron chi connectivity index (χ0n) is 9.87. The van der Waals surface area contributed by atoms with Crippen LogP contribution in [0.5, 0.6) is 0 Å². The molecule has 1 amide bonds. The van der Waals surface area contributed by atoms with Crippen molar-refractivity contribution in [3.8, 4) is 0 Å². The smallest absolute Gasteiger partial charge is 0.339 e. The van der Waals surface area contributed by atoms with E-state index >= 15 is 0 Å². The maximum atomic E-state index is 11.2. The molecule has 96 valence electrons. The minimum Gasteiger partial charge on any atom is -0.478 e. The van der Waals surface area contributed by atoms with Crippen molar-refractivity contribution in [1.29, 1.82) is 0 Å². The lowest BCUT2D eigenvalue weighted by Gasteiger charge is -2.33. The summed E-state index contributed by atoms with van der Waals surface area (Å²) in [6, 6.07) is 1.66. The minimum atomic E-state index is -1.01. The molecule has 2 heterocycles. The highest BCUT2D eigenvalue weighted by Gasteiger charge is 2.26. The number of hydrogen-bond donors (Lipinski definition) is 2. The molecule has 0 aliphatic carbocycles. The summed E-state index contributed by atoms with van der Waals surface area (Å²) >= 11 is 0. The van der Waals surface area contributed by atoms with E-state index in [9.17, 15) is 9.59 Å². The molecule has 18 heavy (non-hydrogen) atoms. The van der Waals surface area contributed by atoms with Gasteiger partial charge in [-0.3, -0.25) is 9.78 Å². The molecule has 0 bridgehead atoms. The lowest BCUT2D eigenvalue weighted by Crippen LogP contribution is -2.41. The Morgan fingerprint density at radius 3 is 2.94 bits per heavy atom. The number of pyridine rings is 1. The molecule has 1 aromatic heterocycles. The van der Waals surface area contributed by atoms with E-state index in [1.54, 1.807) is 12.3 Å². The van der Waals surface area contributed by atoms with Crippen LogP contribution >= 0.6 is 0 Å². The summed E-state index contributed by atoms with van der Waals surface area (Å²) in [6.07, 6.45) is 4.47. The summed E-state index contributed by atoms with van der Waals surface area (Å²) in [5, 5.41) is 9.11. The number of carboxylic acid groups (broad SMARTS) is 1. The SMILES string of the molecule is NC(=O)C1CCCN(c2ccncc2C(=O)O)C1. The van der Waals surface area contributed by atoms with Gasteiger partial charge in [-0.1, -0.05) is 0 Å². The van der Waals surface area contributed by atoms with E-state index in [4.69, 9.17) is 10.8 Å². The largest absolute Gasteiger partial charge is 0.478 e. The number of nitrogens with two attached hydrogens (primary N) is 1. The fraction of sp³-hybridized carbons (Fsp3) is 0.417. The maximum absolute atomic E-state index is 11.2. The van der Waals surface area contributed by atoms with Gasteiger partial charge in [0.2, 0.25) is 5.91 Å². The number of aromatic carboxylic acids is 1. The van der Waals surface area contributed by atoms with E-state index < -0.39 is 5.97 Å². The Kier molecular flexibility index (Phi) is 3.45. The summed E-state index contributed by atoms with van der Waals surface area (Å²) in [4.78, 5) is 28.0. The highest BCUT2D eigenvalue weighted by molar-refractivity contribution is 5.94. The summed E-state index contributed by atoms with van der Waals surface area (Å²) < 4.78 is 0. The predicted octanol–water partition coefficient (Wildman–Crippen LogP) is 0.481. The van der Waals surface area contributed by atoms with Crippen LogP contribution in [0.15, 0.2) is 18.5 Å². The predicted molar refractivity (Wildman–Crippen MR) is 65.3 cm³/mol. The van der Waals surface area contributed by atoms with Crippen LogP contribution in [-0.4, -0.2) is 35.1 Å². The van der Waals surface area contributed by atoms with Crippen molar-refractivity contribution in [3.63, 3.8) is 0 Å². The van der Waals surface area contributed by atoms with E-state index in [1.807, 2.05) is 4.90 Å². The molecule has 0 radical (unpaired) electrons. The number of amides is 1. The monoisotopic (exact) mass is 249 g/mol. The van der Waals surface area contributed by atoms with Crippen LogP contribution < -0.4 is 10.6 Å². The molecule has 1 aliphatic rings. The first-order valence-corrected chi connectivity index (χ1v) is 5.81. The third kappa shape index (κ3) is 2.42. The van der Waals surface area contributed by atoms with Gasteiger partial charge in [0, 0.05) is 25.5 Å². The lowest BCUT2D eigenvalue weighted by molar-refractivity contribution is -0.122. The number of carboxylic acids is 1. The third-order valence-electron chi connectivity index (χ3n) is 3.19. The van der Waals surface area contributed by atoms with Crippen molar-refractivity contribution in [2.45, 2.75) is 12.8 Å². The Morgan fingerprint density at radius 2 is 2.28 bits per heavy atom. The fourth-order valence-corrected chi connectivity index (χ4v) is 2.26. The number of primary amides is 1. The third-order valence-corrected chi connectivity index (χ3v) is 3.19. The zero-order chi connectivity index (χ0) is 13.1. The first kappa shape index (κ1) is 12.3. The van der Waals surface area contributed by atoms with Crippen LogP contribution in [0, 0.1) is 5.92 Å². The highest BCUT2D eigenvalue weighted by atomic mass is 16.4. The van der Waals surface area contributed by atoms with Gasteiger partial charge in [0.25, 0.3) is 0 Å². The normalized spacial score (nSPS) is 19.6. The van der Waals surface area contributed by atoms with Crippen LogP contribution in [-0.2, 0) is 4.79 Å². The molecule has 3 N–H and O–H groups in total. The van der Waals surface area contributed by atoms with E-state index in [1.165, 1.54) is 6.20 Å². The van der Waals surface area contributed by atoms with Gasteiger partial charge < -0.3 is 15.7 Å². The average Bonchev–Trinajstić information content (AvgIpc) is 2.39. The molecule has 0 saturated carbocycles. The molecule has 1 aliphatic heterocycles. The van der Waals surface area contributed by atoms with Gasteiger partial charge in [-0.15, -0.1) is 0 Å². The fourth-order valence-electron chi connectivity index (χ4n) is 2.26. The van der Waals surface area contributed by atoms with E-state index in [2.05, 4.69) is 4.98 Å². The van der Waals surface area contributed by atoms with Crippen molar-refractivity contribution >= 4 is 17.6 Å². The van der Waals surface area contributed by atoms with Gasteiger partial charge in [-0.05, 0) is 18.9 Å². The van der Waals surface area contributed by atoms with Crippen LogP contribution in [0.4, 0.5) is 5.69 Å². The number of nitrogens with zero attached hydrogens (tertiary/aromatic N) is 2. The molecule has 1 unspecified atom stereocenters. The summed E-state index contributed by atoms with van der Waals surface area (Å²) in [5.41, 5.74) is 6.07. The van der Waals surface area contributed by atoms with Crippen molar-refractivity contribution in [3.05, 3.63) is 24.0 Å². The van der Waals surface area contributed by atoms with Crippen LogP contribution in [0.2, 0.25) is 0 Å².